The molecule has 0 unspecified atom stereocenters. The van der Waals surface area contributed by atoms with Crippen molar-refractivity contribution in [3.05, 3.63) is 11.8 Å². The molecule has 0 saturated heterocycles. The summed E-state index contributed by atoms with van der Waals surface area (Å²) in [5.41, 5.74) is 0. The van der Waals surface area contributed by atoms with Gasteiger partial charge in [0.2, 0.25) is 0 Å². The summed E-state index contributed by atoms with van der Waals surface area (Å²) in [6.07, 6.45) is 7.19. The predicted molar refractivity (Wildman–Crippen MR) is 33.6 cm³/mol. The molecule has 0 atom stereocenters. The number of allylic oxidation sites excluding steroid dienone is 2. The van der Waals surface area contributed by atoms with Crippen molar-refractivity contribution in [2.75, 3.05) is 7.11 Å². The second-order valence-corrected chi connectivity index (χ2v) is 2.12. The van der Waals surface area contributed by atoms with E-state index in [1.165, 1.54) is 25.0 Å². The number of hydrogen-bond acceptors (Lipinski definition) is 1. The molecule has 0 N–H and O–H groups in total. The van der Waals surface area contributed by atoms with Gasteiger partial charge >= 0.3 is 0 Å². The molecule has 0 radical (unpaired) electrons. The van der Waals surface area contributed by atoms with E-state index in [1.807, 2.05) is 0 Å². The molecule has 1 aliphatic rings. The zero-order chi connectivity index (χ0) is 5.82. The van der Waals surface area contributed by atoms with E-state index >= 15 is 0 Å². The molecular formula is C7H12O. The lowest BCUT2D eigenvalue weighted by Crippen LogP contribution is -1.92. The maximum absolute atomic E-state index is 5.05. The van der Waals surface area contributed by atoms with E-state index < -0.39 is 0 Å². The van der Waals surface area contributed by atoms with E-state index in [-0.39, 0.29) is 0 Å². The second-order valence-electron chi connectivity index (χ2n) is 2.12. The molecule has 8 heavy (non-hydrogen) atoms. The van der Waals surface area contributed by atoms with Gasteiger partial charge in [-0.25, -0.2) is 0 Å². The Hall–Kier alpha value is -0.460. The Kier molecular flexibility index (Phi) is 1.95. The highest BCUT2D eigenvalue weighted by Crippen LogP contribution is 2.16. The lowest BCUT2D eigenvalue weighted by atomic mass is 10.1. The van der Waals surface area contributed by atoms with E-state index in [9.17, 15) is 0 Å². The van der Waals surface area contributed by atoms with Gasteiger partial charge in [0.05, 0.1) is 12.9 Å². The SMILES string of the molecule is COC1=CCCCC1. The zero-order valence-corrected chi connectivity index (χ0v) is 5.31. The van der Waals surface area contributed by atoms with Crippen molar-refractivity contribution in [2.45, 2.75) is 25.7 Å². The Balaban J connectivity index is 2.37. The maximum Gasteiger partial charge on any atom is 0.0915 e. The molecule has 0 aromatic heterocycles. The van der Waals surface area contributed by atoms with Crippen molar-refractivity contribution in [1.82, 2.24) is 0 Å². The van der Waals surface area contributed by atoms with E-state index in [1.54, 1.807) is 7.11 Å². The van der Waals surface area contributed by atoms with Gasteiger partial charge in [0.1, 0.15) is 0 Å². The van der Waals surface area contributed by atoms with Crippen LogP contribution >= 0.6 is 0 Å². The number of ether oxygens (including phenoxy) is 1. The molecule has 0 aliphatic heterocycles. The van der Waals surface area contributed by atoms with Crippen LogP contribution in [0.1, 0.15) is 25.7 Å². The van der Waals surface area contributed by atoms with Gasteiger partial charge in [0, 0.05) is 6.42 Å². The summed E-state index contributed by atoms with van der Waals surface area (Å²) < 4.78 is 5.05. The quantitative estimate of drug-likeness (QED) is 0.504. The van der Waals surface area contributed by atoms with Gasteiger partial charge in [-0.3, -0.25) is 0 Å². The monoisotopic (exact) mass is 112 g/mol. The lowest BCUT2D eigenvalue weighted by molar-refractivity contribution is 0.266. The summed E-state index contributed by atoms with van der Waals surface area (Å²) in [4.78, 5) is 0. The summed E-state index contributed by atoms with van der Waals surface area (Å²) in [6, 6.07) is 0. The minimum atomic E-state index is 1.15. The van der Waals surface area contributed by atoms with Gasteiger partial charge in [0.15, 0.2) is 0 Å². The molecule has 1 rings (SSSR count). The van der Waals surface area contributed by atoms with Crippen LogP contribution in [-0.2, 0) is 4.74 Å². The zero-order valence-electron chi connectivity index (χ0n) is 5.31. The first-order valence-corrected chi connectivity index (χ1v) is 3.16. The van der Waals surface area contributed by atoms with E-state index in [0.717, 1.165) is 6.42 Å². The average Bonchev–Trinajstić information content (AvgIpc) is 1.90. The summed E-state index contributed by atoms with van der Waals surface area (Å²) in [5.74, 6) is 1.18. The topological polar surface area (TPSA) is 9.23 Å². The van der Waals surface area contributed by atoms with E-state index in [0.29, 0.717) is 0 Å². The summed E-state index contributed by atoms with van der Waals surface area (Å²) >= 11 is 0. The van der Waals surface area contributed by atoms with Gasteiger partial charge in [0.25, 0.3) is 0 Å². The van der Waals surface area contributed by atoms with Crippen LogP contribution in [0.5, 0.6) is 0 Å². The van der Waals surface area contributed by atoms with Crippen LogP contribution in [0.4, 0.5) is 0 Å². The van der Waals surface area contributed by atoms with Crippen LogP contribution in [0.15, 0.2) is 11.8 Å². The number of rotatable bonds is 1. The first kappa shape index (κ1) is 5.67. The smallest absolute Gasteiger partial charge is 0.0915 e. The fourth-order valence-corrected chi connectivity index (χ4v) is 0.994. The molecule has 0 aromatic carbocycles. The molecule has 1 aliphatic carbocycles. The molecule has 0 amide bonds. The van der Waals surface area contributed by atoms with Crippen molar-refractivity contribution >= 4 is 0 Å². The minimum Gasteiger partial charge on any atom is -0.501 e. The third-order valence-electron chi connectivity index (χ3n) is 1.51. The molecule has 0 saturated carbocycles. The van der Waals surface area contributed by atoms with E-state index in [2.05, 4.69) is 6.08 Å². The van der Waals surface area contributed by atoms with Crippen molar-refractivity contribution in [2.24, 2.45) is 0 Å². The van der Waals surface area contributed by atoms with Crippen LogP contribution in [0.2, 0.25) is 0 Å². The standard InChI is InChI=1S/C7H12O/c1-8-7-5-3-2-4-6-7/h5H,2-4,6H2,1H3. The first-order chi connectivity index (χ1) is 3.93. The fourth-order valence-electron chi connectivity index (χ4n) is 0.994. The summed E-state index contributed by atoms with van der Waals surface area (Å²) in [6.45, 7) is 0. The lowest BCUT2D eigenvalue weighted by Gasteiger charge is -2.09. The molecule has 1 heteroatoms. The van der Waals surface area contributed by atoms with Gasteiger partial charge in [-0.05, 0) is 25.3 Å². The Morgan fingerprint density at radius 2 is 2.38 bits per heavy atom. The normalized spacial score (nSPS) is 19.9. The van der Waals surface area contributed by atoms with Crippen LogP contribution < -0.4 is 0 Å². The van der Waals surface area contributed by atoms with Gasteiger partial charge in [-0.15, -0.1) is 0 Å². The highest BCUT2D eigenvalue weighted by Gasteiger charge is 2.00. The summed E-state index contributed by atoms with van der Waals surface area (Å²) in [7, 11) is 1.75. The predicted octanol–water partition coefficient (Wildman–Crippen LogP) is 2.09. The second kappa shape index (κ2) is 2.75. The highest BCUT2D eigenvalue weighted by atomic mass is 16.5. The molecule has 0 bridgehead atoms. The molecule has 0 fully saturated rings. The minimum absolute atomic E-state index is 1.15. The maximum atomic E-state index is 5.05. The Labute approximate surface area is 50.3 Å². The highest BCUT2D eigenvalue weighted by molar-refractivity contribution is 4.95. The average molecular weight is 112 g/mol. The first-order valence-electron chi connectivity index (χ1n) is 3.16. The third kappa shape index (κ3) is 1.25. The van der Waals surface area contributed by atoms with Gasteiger partial charge in [-0.1, -0.05) is 0 Å². The van der Waals surface area contributed by atoms with E-state index in [4.69, 9.17) is 4.74 Å². The van der Waals surface area contributed by atoms with Crippen LogP contribution in [0.3, 0.4) is 0 Å². The van der Waals surface area contributed by atoms with Crippen molar-refractivity contribution in [3.63, 3.8) is 0 Å². The third-order valence-corrected chi connectivity index (χ3v) is 1.51. The number of methoxy groups -OCH3 is 1. The molecular weight excluding hydrogens is 100 g/mol. The van der Waals surface area contributed by atoms with Crippen molar-refractivity contribution in [3.8, 4) is 0 Å². The van der Waals surface area contributed by atoms with Crippen LogP contribution in [-0.4, -0.2) is 7.11 Å². The largest absolute Gasteiger partial charge is 0.501 e. The molecule has 46 valence electrons. The number of hydrogen-bond donors (Lipinski definition) is 0. The van der Waals surface area contributed by atoms with Crippen molar-refractivity contribution in [1.29, 1.82) is 0 Å². The van der Waals surface area contributed by atoms with Gasteiger partial charge in [-0.2, -0.15) is 0 Å². The molecule has 0 aromatic rings. The van der Waals surface area contributed by atoms with Crippen LogP contribution in [0.25, 0.3) is 0 Å². The molecule has 0 spiro atoms. The van der Waals surface area contributed by atoms with Gasteiger partial charge < -0.3 is 4.74 Å². The Morgan fingerprint density at radius 3 is 2.75 bits per heavy atom. The Bertz CT molecular complexity index is 94.6. The van der Waals surface area contributed by atoms with Crippen LogP contribution in [0, 0.1) is 0 Å². The summed E-state index contributed by atoms with van der Waals surface area (Å²) in [5, 5.41) is 0. The Morgan fingerprint density at radius 1 is 1.50 bits per heavy atom. The molecule has 0 heterocycles. The van der Waals surface area contributed by atoms with Crippen molar-refractivity contribution < 1.29 is 4.74 Å². The molecule has 1 nitrogen and oxygen atoms in total. The fraction of sp³-hybridized carbons (Fsp3) is 0.714.